The molecule has 6 nitrogen and oxygen atoms in total. The van der Waals surface area contributed by atoms with E-state index in [1.54, 1.807) is 12.1 Å². The van der Waals surface area contributed by atoms with E-state index in [-0.39, 0.29) is 29.5 Å². The average molecular weight is 437 g/mol. The summed E-state index contributed by atoms with van der Waals surface area (Å²) in [5.74, 6) is 0.262. The number of phenolic OH excluding ortho intramolecular Hbond substituents is 2. The lowest BCUT2D eigenvalue weighted by atomic mass is 9.84. The normalized spacial score (nSPS) is 18.2. The summed E-state index contributed by atoms with van der Waals surface area (Å²) in [6, 6.07) is 4.62. The molecular formula is C26H28O6. The Morgan fingerprint density at radius 1 is 1.25 bits per heavy atom. The Morgan fingerprint density at radius 3 is 2.69 bits per heavy atom. The fraction of sp³-hybridized carbons (Fsp3) is 0.346. The molecule has 2 heterocycles. The summed E-state index contributed by atoms with van der Waals surface area (Å²) in [4.78, 5) is 13.7. The number of benzene rings is 2. The van der Waals surface area contributed by atoms with Gasteiger partial charge in [0.05, 0.1) is 18.6 Å². The first-order valence-corrected chi connectivity index (χ1v) is 10.6. The second kappa shape index (κ2) is 7.93. The van der Waals surface area contributed by atoms with Gasteiger partial charge >= 0.3 is 0 Å². The Hall–Kier alpha value is -3.41. The number of ether oxygens (including phenoxy) is 3. The number of ketones is 1. The standard InChI is InChI=1S/C26H28O6/c1-14(2)6-8-18-24-17(10-11-26(3,4)32-24)22(28)21-23(29)19(13-31-25(18)21)16-9-7-15(27)12-20(16)30-5/h6-7,9-12,19,27-28H,8,13H2,1-5H3/t19-/m0/s1. The molecule has 2 aromatic carbocycles. The van der Waals surface area contributed by atoms with Crippen LogP contribution in [-0.4, -0.2) is 35.3 Å². The quantitative estimate of drug-likeness (QED) is 0.644. The van der Waals surface area contributed by atoms with Crippen molar-refractivity contribution < 1.29 is 29.2 Å². The highest BCUT2D eigenvalue weighted by atomic mass is 16.5. The first-order valence-electron chi connectivity index (χ1n) is 10.6. The maximum atomic E-state index is 13.7. The van der Waals surface area contributed by atoms with Gasteiger partial charge in [0.2, 0.25) is 0 Å². The van der Waals surface area contributed by atoms with Gasteiger partial charge in [-0.25, -0.2) is 0 Å². The molecule has 0 fully saturated rings. The van der Waals surface area contributed by atoms with Crippen LogP contribution < -0.4 is 14.2 Å². The van der Waals surface area contributed by atoms with E-state index in [0.29, 0.717) is 34.8 Å². The molecule has 0 unspecified atom stereocenters. The van der Waals surface area contributed by atoms with Crippen molar-refractivity contribution in [1.29, 1.82) is 0 Å². The number of aromatic hydroxyl groups is 2. The van der Waals surface area contributed by atoms with Crippen molar-refractivity contribution in [3.63, 3.8) is 0 Å². The van der Waals surface area contributed by atoms with Crippen molar-refractivity contribution >= 4 is 11.9 Å². The minimum atomic E-state index is -0.678. The van der Waals surface area contributed by atoms with E-state index < -0.39 is 11.5 Å². The number of carbonyl (C=O) groups excluding carboxylic acids is 1. The molecule has 2 aliphatic rings. The summed E-state index contributed by atoms with van der Waals surface area (Å²) in [6.45, 7) is 7.97. The molecule has 2 N–H and O–H groups in total. The molecule has 32 heavy (non-hydrogen) atoms. The lowest BCUT2D eigenvalue weighted by molar-refractivity contribution is 0.0887. The van der Waals surface area contributed by atoms with Crippen LogP contribution in [0.25, 0.3) is 6.08 Å². The van der Waals surface area contributed by atoms with E-state index in [1.165, 1.54) is 19.2 Å². The number of hydrogen-bond acceptors (Lipinski definition) is 6. The molecule has 0 bridgehead atoms. The largest absolute Gasteiger partial charge is 0.508 e. The summed E-state index contributed by atoms with van der Waals surface area (Å²) in [5.41, 5.74) is 2.55. The second-order valence-corrected chi connectivity index (χ2v) is 8.95. The van der Waals surface area contributed by atoms with Crippen LogP contribution in [0.4, 0.5) is 0 Å². The van der Waals surface area contributed by atoms with E-state index in [2.05, 4.69) is 0 Å². The first-order chi connectivity index (χ1) is 15.1. The Bertz CT molecular complexity index is 1150. The number of rotatable bonds is 4. The zero-order chi connectivity index (χ0) is 23.2. The fourth-order valence-electron chi connectivity index (χ4n) is 4.13. The van der Waals surface area contributed by atoms with E-state index in [0.717, 1.165) is 11.1 Å². The summed E-state index contributed by atoms with van der Waals surface area (Å²) >= 11 is 0. The van der Waals surface area contributed by atoms with E-state index in [4.69, 9.17) is 14.2 Å². The number of phenols is 2. The number of Topliss-reactive ketones (excluding diaryl/α,β-unsaturated/α-hetero) is 1. The van der Waals surface area contributed by atoms with Crippen LogP contribution in [0.3, 0.4) is 0 Å². The minimum Gasteiger partial charge on any atom is -0.508 e. The van der Waals surface area contributed by atoms with Gasteiger partial charge in [-0.2, -0.15) is 0 Å². The molecular weight excluding hydrogens is 408 g/mol. The van der Waals surface area contributed by atoms with Gasteiger partial charge in [0.15, 0.2) is 5.78 Å². The SMILES string of the molecule is COc1cc(O)ccc1[C@@H]1COc2c(CC=C(C)C)c3c(c(O)c2C1=O)C=CC(C)(C)O3. The molecule has 6 heteroatoms. The molecule has 0 saturated carbocycles. The maximum Gasteiger partial charge on any atom is 0.181 e. The summed E-state index contributed by atoms with van der Waals surface area (Å²) in [7, 11) is 1.48. The molecule has 168 valence electrons. The monoisotopic (exact) mass is 436 g/mol. The van der Waals surface area contributed by atoms with Gasteiger partial charge < -0.3 is 24.4 Å². The van der Waals surface area contributed by atoms with Crippen molar-refractivity contribution in [3.8, 4) is 28.7 Å². The van der Waals surface area contributed by atoms with Crippen LogP contribution in [0.1, 0.15) is 60.7 Å². The Morgan fingerprint density at radius 2 is 2.00 bits per heavy atom. The number of carbonyl (C=O) groups is 1. The maximum absolute atomic E-state index is 13.7. The third-order valence-corrected chi connectivity index (χ3v) is 5.79. The Balaban J connectivity index is 1.89. The van der Waals surface area contributed by atoms with Gasteiger partial charge in [-0.15, -0.1) is 0 Å². The Kier molecular flexibility index (Phi) is 5.41. The van der Waals surface area contributed by atoms with E-state index >= 15 is 0 Å². The first kappa shape index (κ1) is 21.8. The van der Waals surface area contributed by atoms with E-state index in [1.807, 2.05) is 39.8 Å². The van der Waals surface area contributed by atoms with Crippen LogP contribution in [0, 0.1) is 0 Å². The highest BCUT2D eigenvalue weighted by Gasteiger charge is 2.40. The minimum absolute atomic E-state index is 0.0426. The van der Waals surface area contributed by atoms with Gasteiger partial charge in [0.25, 0.3) is 0 Å². The van der Waals surface area contributed by atoms with Crippen LogP contribution in [0.5, 0.6) is 28.7 Å². The van der Waals surface area contributed by atoms with Crippen molar-refractivity contribution in [2.24, 2.45) is 0 Å². The lowest BCUT2D eigenvalue weighted by Crippen LogP contribution is -2.31. The molecule has 0 saturated heterocycles. The molecule has 0 amide bonds. The van der Waals surface area contributed by atoms with Gasteiger partial charge in [0, 0.05) is 17.2 Å². The number of hydrogen-bond donors (Lipinski definition) is 2. The van der Waals surface area contributed by atoms with Crippen LogP contribution >= 0.6 is 0 Å². The molecule has 0 spiro atoms. The summed E-state index contributed by atoms with van der Waals surface area (Å²) in [6.07, 6.45) is 6.22. The molecule has 0 aliphatic carbocycles. The highest BCUT2D eigenvalue weighted by Crippen LogP contribution is 2.51. The zero-order valence-corrected chi connectivity index (χ0v) is 19.0. The van der Waals surface area contributed by atoms with Crippen LogP contribution in [0.15, 0.2) is 35.9 Å². The van der Waals surface area contributed by atoms with Crippen LogP contribution in [0.2, 0.25) is 0 Å². The zero-order valence-electron chi connectivity index (χ0n) is 19.0. The highest BCUT2D eigenvalue weighted by molar-refractivity contribution is 6.08. The lowest BCUT2D eigenvalue weighted by Gasteiger charge is -2.34. The molecule has 0 radical (unpaired) electrons. The molecule has 4 rings (SSSR count). The predicted octanol–water partition coefficient (Wildman–Crippen LogP) is 5.16. The smallest absolute Gasteiger partial charge is 0.181 e. The molecule has 2 aliphatic heterocycles. The average Bonchev–Trinajstić information content (AvgIpc) is 2.73. The summed E-state index contributed by atoms with van der Waals surface area (Å²) < 4.78 is 17.7. The van der Waals surface area contributed by atoms with E-state index in [9.17, 15) is 15.0 Å². The fourth-order valence-corrected chi connectivity index (χ4v) is 4.13. The second-order valence-electron chi connectivity index (χ2n) is 8.95. The third kappa shape index (κ3) is 3.70. The van der Waals surface area contributed by atoms with Gasteiger partial charge in [-0.3, -0.25) is 4.79 Å². The predicted molar refractivity (Wildman–Crippen MR) is 122 cm³/mol. The molecule has 1 atom stereocenters. The third-order valence-electron chi connectivity index (χ3n) is 5.79. The van der Waals surface area contributed by atoms with Gasteiger partial charge in [0.1, 0.15) is 46.5 Å². The number of fused-ring (bicyclic) bond motifs is 2. The van der Waals surface area contributed by atoms with Crippen molar-refractivity contribution in [1.82, 2.24) is 0 Å². The topological polar surface area (TPSA) is 85.2 Å². The van der Waals surface area contributed by atoms with Crippen molar-refractivity contribution in [3.05, 3.63) is 58.2 Å². The van der Waals surface area contributed by atoms with Gasteiger partial charge in [-0.05, 0) is 52.3 Å². The van der Waals surface area contributed by atoms with Gasteiger partial charge in [-0.1, -0.05) is 17.7 Å². The number of methoxy groups -OCH3 is 1. The summed E-state index contributed by atoms with van der Waals surface area (Å²) in [5, 5.41) is 20.9. The Labute approximate surface area is 187 Å². The van der Waals surface area contributed by atoms with Crippen molar-refractivity contribution in [2.45, 2.75) is 45.6 Å². The molecule has 0 aromatic heterocycles. The van der Waals surface area contributed by atoms with Crippen LogP contribution in [-0.2, 0) is 6.42 Å². The molecule has 2 aromatic rings. The van der Waals surface area contributed by atoms with Crippen molar-refractivity contribution in [2.75, 3.05) is 13.7 Å². The number of allylic oxidation sites excluding steroid dienone is 2.